The van der Waals surface area contributed by atoms with Crippen LogP contribution in [0, 0.1) is 0 Å². The summed E-state index contributed by atoms with van der Waals surface area (Å²) in [6, 6.07) is 24.6. The minimum absolute atomic E-state index is 1.17. The molecule has 0 saturated heterocycles. The van der Waals surface area contributed by atoms with Crippen LogP contribution in [-0.4, -0.2) is 0 Å². The summed E-state index contributed by atoms with van der Waals surface area (Å²) in [6.45, 7) is 3.74. The number of hydrogen-bond acceptors (Lipinski definition) is 0. The molecule has 0 fully saturated rings. The first kappa shape index (κ1) is 33.9. The first-order valence-electron chi connectivity index (χ1n) is 16.3. The Hall–Kier alpha value is -1.64. The van der Waals surface area contributed by atoms with Crippen LogP contribution in [0.3, 0.4) is 0 Å². The smallest absolute Gasteiger partial charge is 0.0175 e. The highest BCUT2D eigenvalue weighted by Gasteiger charge is 2.12. The Kier molecular flexibility index (Phi) is 17.4. The molecule has 3 aromatic carbocycles. The van der Waals surface area contributed by atoms with Gasteiger partial charge in [0.15, 0.2) is 0 Å². The van der Waals surface area contributed by atoms with Crippen molar-refractivity contribution in [1.29, 1.82) is 0 Å². The normalized spacial score (nSPS) is 11.8. The lowest BCUT2D eigenvalue weighted by molar-refractivity contribution is 0.567. The van der Waals surface area contributed by atoms with Crippen molar-refractivity contribution in [3.63, 3.8) is 0 Å². The molecular weight excluding hydrogens is 628 g/mol. The van der Waals surface area contributed by atoms with E-state index in [-0.39, 0.29) is 0 Å². The number of benzene rings is 3. The van der Waals surface area contributed by atoms with Crippen molar-refractivity contribution in [2.75, 3.05) is 0 Å². The number of rotatable bonds is 19. The summed E-state index contributed by atoms with van der Waals surface area (Å²) >= 11 is 6.95. The van der Waals surface area contributed by atoms with E-state index in [2.05, 4.69) is 105 Å². The van der Waals surface area contributed by atoms with E-state index in [1.54, 1.807) is 16.7 Å². The molecule has 0 spiro atoms. The van der Waals surface area contributed by atoms with E-state index < -0.39 is 0 Å². The minimum Gasteiger partial charge on any atom is -0.103 e. The SMILES string of the molecule is Brc1ccc(CCCCCCCCCCc2ccc3c(c2)CC3)cc1.C=CCCCCCCCc1ccc(Br)cc1. The highest BCUT2D eigenvalue weighted by atomic mass is 79.9. The van der Waals surface area contributed by atoms with Gasteiger partial charge < -0.3 is 0 Å². The minimum atomic E-state index is 1.17. The van der Waals surface area contributed by atoms with Crippen molar-refractivity contribution in [1.82, 2.24) is 0 Å². The van der Waals surface area contributed by atoms with Crippen molar-refractivity contribution >= 4 is 31.9 Å². The molecule has 1 aliphatic rings. The highest BCUT2D eigenvalue weighted by molar-refractivity contribution is 9.10. The van der Waals surface area contributed by atoms with Crippen LogP contribution in [-0.2, 0) is 32.1 Å². The molecule has 3 aromatic rings. The lowest BCUT2D eigenvalue weighted by atomic mass is 9.86. The molecule has 0 unspecified atom stereocenters. The van der Waals surface area contributed by atoms with Crippen molar-refractivity contribution < 1.29 is 0 Å². The third-order valence-electron chi connectivity index (χ3n) is 8.32. The number of unbranched alkanes of at least 4 members (excludes halogenated alkanes) is 12. The van der Waals surface area contributed by atoms with Gasteiger partial charge in [0.05, 0.1) is 0 Å². The predicted molar refractivity (Wildman–Crippen MR) is 188 cm³/mol. The van der Waals surface area contributed by atoms with Crippen LogP contribution in [0.5, 0.6) is 0 Å². The van der Waals surface area contributed by atoms with Gasteiger partial charge in [0, 0.05) is 8.95 Å². The second-order valence-electron chi connectivity index (χ2n) is 11.8. The Balaban J connectivity index is 0.000000250. The molecule has 0 N–H and O–H groups in total. The molecular formula is C39H52Br2. The van der Waals surface area contributed by atoms with Crippen molar-refractivity contribution in [2.45, 2.75) is 122 Å². The maximum absolute atomic E-state index is 3.74. The van der Waals surface area contributed by atoms with Crippen molar-refractivity contribution in [3.05, 3.63) is 116 Å². The molecule has 4 rings (SSSR count). The Morgan fingerprint density at radius 1 is 0.463 bits per heavy atom. The van der Waals surface area contributed by atoms with Gasteiger partial charge in [-0.15, -0.1) is 6.58 Å². The van der Waals surface area contributed by atoms with Crippen LogP contribution >= 0.6 is 31.9 Å². The van der Waals surface area contributed by atoms with Gasteiger partial charge in [-0.2, -0.15) is 0 Å². The first-order valence-corrected chi connectivity index (χ1v) is 17.9. The Morgan fingerprint density at radius 2 is 0.854 bits per heavy atom. The summed E-state index contributed by atoms with van der Waals surface area (Å²) in [4.78, 5) is 0. The van der Waals surface area contributed by atoms with Crippen molar-refractivity contribution in [2.24, 2.45) is 0 Å². The van der Waals surface area contributed by atoms with Crippen LogP contribution in [0.25, 0.3) is 0 Å². The third-order valence-corrected chi connectivity index (χ3v) is 9.37. The zero-order valence-corrected chi connectivity index (χ0v) is 28.5. The third kappa shape index (κ3) is 14.9. The van der Waals surface area contributed by atoms with E-state index in [1.165, 1.54) is 142 Å². The maximum Gasteiger partial charge on any atom is 0.0175 e. The highest BCUT2D eigenvalue weighted by Crippen LogP contribution is 2.24. The van der Waals surface area contributed by atoms with Crippen LogP contribution < -0.4 is 0 Å². The van der Waals surface area contributed by atoms with E-state index in [9.17, 15) is 0 Å². The number of aryl methyl sites for hydroxylation is 5. The molecule has 0 bridgehead atoms. The van der Waals surface area contributed by atoms with Crippen LogP contribution in [0.2, 0.25) is 0 Å². The Morgan fingerprint density at radius 3 is 1.27 bits per heavy atom. The molecule has 0 nitrogen and oxygen atoms in total. The fourth-order valence-electron chi connectivity index (χ4n) is 5.57. The van der Waals surface area contributed by atoms with Gasteiger partial charge in [-0.05, 0) is 116 Å². The molecule has 0 amide bonds. The van der Waals surface area contributed by atoms with Gasteiger partial charge in [-0.25, -0.2) is 0 Å². The van der Waals surface area contributed by atoms with Crippen LogP contribution in [0.1, 0.15) is 118 Å². The summed E-state index contributed by atoms with van der Waals surface area (Å²) in [6.07, 6.45) is 27.4. The molecule has 0 aromatic heterocycles. The quantitative estimate of drug-likeness (QED) is 0.0873. The fourth-order valence-corrected chi connectivity index (χ4v) is 6.10. The van der Waals surface area contributed by atoms with Gasteiger partial charge in [0.25, 0.3) is 0 Å². The van der Waals surface area contributed by atoms with E-state index in [0.29, 0.717) is 0 Å². The number of allylic oxidation sites excluding steroid dienone is 1. The lowest BCUT2D eigenvalue weighted by Crippen LogP contribution is -2.08. The van der Waals surface area contributed by atoms with Crippen LogP contribution in [0.15, 0.2) is 88.3 Å². The zero-order chi connectivity index (χ0) is 29.0. The van der Waals surface area contributed by atoms with Crippen LogP contribution in [0.4, 0.5) is 0 Å². The second kappa shape index (κ2) is 21.1. The Labute approximate surface area is 268 Å². The Bertz CT molecular complexity index is 1100. The molecule has 222 valence electrons. The largest absolute Gasteiger partial charge is 0.103 e. The lowest BCUT2D eigenvalue weighted by Gasteiger charge is -2.19. The molecule has 0 radical (unpaired) electrons. The topological polar surface area (TPSA) is 0 Å². The van der Waals surface area contributed by atoms with Crippen molar-refractivity contribution in [3.8, 4) is 0 Å². The molecule has 1 aliphatic carbocycles. The molecule has 2 heteroatoms. The summed E-state index contributed by atoms with van der Waals surface area (Å²) in [5, 5.41) is 0. The second-order valence-corrected chi connectivity index (χ2v) is 13.6. The molecule has 41 heavy (non-hydrogen) atoms. The van der Waals surface area contributed by atoms with Gasteiger partial charge in [0.1, 0.15) is 0 Å². The maximum atomic E-state index is 3.74. The van der Waals surface area contributed by atoms with E-state index >= 15 is 0 Å². The zero-order valence-electron chi connectivity index (χ0n) is 25.3. The van der Waals surface area contributed by atoms with E-state index in [0.717, 1.165) is 0 Å². The average molecular weight is 681 g/mol. The molecule has 0 aliphatic heterocycles. The number of fused-ring (bicyclic) bond motifs is 1. The molecule has 0 saturated carbocycles. The predicted octanol–water partition coefficient (Wildman–Crippen LogP) is 13.0. The summed E-state index contributed by atoms with van der Waals surface area (Å²) in [5.74, 6) is 0. The summed E-state index contributed by atoms with van der Waals surface area (Å²) in [5.41, 5.74) is 7.68. The standard InChI is InChI=1S/C24H31Br.C15H21Br/c25-24-17-12-20(13-18-24)9-7-5-3-1-2-4-6-8-10-21-11-14-22-15-16-23(22)19-21;1-2-3-4-5-6-7-8-9-14-10-12-15(16)13-11-14/h11-14,17-19H,1-10,15-16H2;2,10-13H,1,3-9H2. The van der Waals surface area contributed by atoms with Gasteiger partial charge in [-0.1, -0.05) is 138 Å². The monoisotopic (exact) mass is 678 g/mol. The van der Waals surface area contributed by atoms with E-state index in [1.807, 2.05) is 6.08 Å². The first-order chi connectivity index (χ1) is 20.1. The van der Waals surface area contributed by atoms with E-state index in [4.69, 9.17) is 0 Å². The van der Waals surface area contributed by atoms with Gasteiger partial charge in [0.2, 0.25) is 0 Å². The van der Waals surface area contributed by atoms with Gasteiger partial charge in [-0.3, -0.25) is 0 Å². The number of hydrogen-bond donors (Lipinski definition) is 0. The summed E-state index contributed by atoms with van der Waals surface area (Å²) in [7, 11) is 0. The number of halogens is 2. The van der Waals surface area contributed by atoms with Gasteiger partial charge >= 0.3 is 0 Å². The summed E-state index contributed by atoms with van der Waals surface area (Å²) < 4.78 is 2.35. The fraction of sp³-hybridized carbons (Fsp3) is 0.487. The average Bonchev–Trinajstić information content (AvgIpc) is 2.97. The molecule has 0 heterocycles. The molecule has 0 atom stereocenters.